The van der Waals surface area contributed by atoms with Gasteiger partial charge in [-0.15, -0.1) is 0 Å². The van der Waals surface area contributed by atoms with Gasteiger partial charge in [-0.1, -0.05) is 46.5 Å². The molecule has 0 radical (unpaired) electrons. The highest BCUT2D eigenvalue weighted by atomic mass is 14.9. The summed E-state index contributed by atoms with van der Waals surface area (Å²) >= 11 is 0. The minimum Gasteiger partial charge on any atom is -0.314 e. The Kier molecular flexibility index (Phi) is 5.54. The van der Waals surface area contributed by atoms with Crippen LogP contribution in [0.15, 0.2) is 0 Å². The van der Waals surface area contributed by atoms with E-state index >= 15 is 0 Å². The fourth-order valence-electron chi connectivity index (χ4n) is 2.43. The summed E-state index contributed by atoms with van der Waals surface area (Å²) in [4.78, 5) is 0. The van der Waals surface area contributed by atoms with Gasteiger partial charge in [-0.3, -0.25) is 0 Å². The molecular weight excluding hydrogens is 170 g/mol. The predicted molar refractivity (Wildman–Crippen MR) is 63.5 cm³/mol. The number of rotatable bonds is 8. The van der Waals surface area contributed by atoms with E-state index in [1.165, 1.54) is 38.5 Å². The van der Waals surface area contributed by atoms with Gasteiger partial charge < -0.3 is 5.32 Å². The van der Waals surface area contributed by atoms with Gasteiger partial charge in [0, 0.05) is 6.04 Å². The van der Waals surface area contributed by atoms with E-state index in [-0.39, 0.29) is 0 Å². The average molecular weight is 197 g/mol. The molecular formula is C13H27N. The van der Waals surface area contributed by atoms with E-state index in [1.54, 1.807) is 0 Å². The maximum atomic E-state index is 3.65. The van der Waals surface area contributed by atoms with E-state index in [1.807, 2.05) is 0 Å². The summed E-state index contributed by atoms with van der Waals surface area (Å²) in [7, 11) is 0. The van der Waals surface area contributed by atoms with Crippen LogP contribution in [0.2, 0.25) is 0 Å². The first-order valence-electron chi connectivity index (χ1n) is 6.53. The third-order valence-electron chi connectivity index (χ3n) is 3.52. The van der Waals surface area contributed by atoms with Crippen molar-refractivity contribution in [2.45, 2.75) is 65.3 Å². The highest BCUT2D eigenvalue weighted by Crippen LogP contribution is 2.41. The summed E-state index contributed by atoms with van der Waals surface area (Å²) in [5.41, 5.74) is 0. The quantitative estimate of drug-likeness (QED) is 0.586. The van der Waals surface area contributed by atoms with Gasteiger partial charge in [0.15, 0.2) is 0 Å². The van der Waals surface area contributed by atoms with Crippen molar-refractivity contribution in [3.05, 3.63) is 0 Å². The van der Waals surface area contributed by atoms with E-state index in [0.29, 0.717) is 0 Å². The molecule has 84 valence electrons. The monoisotopic (exact) mass is 197 g/mol. The topological polar surface area (TPSA) is 12.0 Å². The molecule has 1 nitrogen and oxygen atoms in total. The SMILES string of the molecule is CCCCCCC(NCC)C1CC1C. The van der Waals surface area contributed by atoms with Gasteiger partial charge in [0.05, 0.1) is 0 Å². The zero-order chi connectivity index (χ0) is 10.4. The molecule has 0 amide bonds. The molecule has 1 heteroatoms. The van der Waals surface area contributed by atoms with Gasteiger partial charge in [0.1, 0.15) is 0 Å². The van der Waals surface area contributed by atoms with Gasteiger partial charge in [-0.2, -0.15) is 0 Å². The lowest BCUT2D eigenvalue weighted by Gasteiger charge is -2.17. The molecule has 0 saturated heterocycles. The van der Waals surface area contributed by atoms with Crippen molar-refractivity contribution in [1.82, 2.24) is 5.32 Å². The molecule has 1 aliphatic rings. The molecule has 0 aliphatic heterocycles. The van der Waals surface area contributed by atoms with E-state index in [9.17, 15) is 0 Å². The Morgan fingerprint density at radius 1 is 1.21 bits per heavy atom. The Hall–Kier alpha value is -0.0400. The van der Waals surface area contributed by atoms with Crippen molar-refractivity contribution in [2.75, 3.05) is 6.54 Å². The second-order valence-electron chi connectivity index (χ2n) is 4.89. The highest BCUT2D eigenvalue weighted by Gasteiger charge is 2.38. The predicted octanol–water partition coefficient (Wildman–Crippen LogP) is 3.59. The van der Waals surface area contributed by atoms with Crippen molar-refractivity contribution in [2.24, 2.45) is 11.8 Å². The zero-order valence-electron chi connectivity index (χ0n) is 10.2. The lowest BCUT2D eigenvalue weighted by molar-refractivity contribution is 0.412. The Labute approximate surface area is 89.7 Å². The van der Waals surface area contributed by atoms with E-state index in [4.69, 9.17) is 0 Å². The smallest absolute Gasteiger partial charge is 0.00978 e. The molecule has 1 fully saturated rings. The van der Waals surface area contributed by atoms with Crippen molar-refractivity contribution in [3.63, 3.8) is 0 Å². The molecule has 1 N–H and O–H groups in total. The molecule has 0 aromatic heterocycles. The summed E-state index contributed by atoms with van der Waals surface area (Å²) in [6.45, 7) is 8.04. The largest absolute Gasteiger partial charge is 0.314 e. The van der Waals surface area contributed by atoms with Crippen LogP contribution in [0.1, 0.15) is 59.3 Å². The standard InChI is InChI=1S/C13H27N/c1-4-6-7-8-9-13(14-5-2)12-10-11(12)3/h11-14H,4-10H2,1-3H3. The molecule has 3 atom stereocenters. The summed E-state index contributed by atoms with van der Waals surface area (Å²) in [6, 6.07) is 0.826. The van der Waals surface area contributed by atoms with Crippen LogP contribution < -0.4 is 5.32 Å². The summed E-state index contributed by atoms with van der Waals surface area (Å²) in [5.74, 6) is 1.99. The fourth-order valence-corrected chi connectivity index (χ4v) is 2.43. The summed E-state index contributed by atoms with van der Waals surface area (Å²) in [6.07, 6.45) is 8.49. The Morgan fingerprint density at radius 3 is 2.43 bits per heavy atom. The maximum Gasteiger partial charge on any atom is 0.00978 e. The van der Waals surface area contributed by atoms with Crippen LogP contribution in [-0.2, 0) is 0 Å². The molecule has 1 saturated carbocycles. The second-order valence-corrected chi connectivity index (χ2v) is 4.89. The Morgan fingerprint density at radius 2 is 1.93 bits per heavy atom. The molecule has 0 spiro atoms. The number of hydrogen-bond acceptors (Lipinski definition) is 1. The maximum absolute atomic E-state index is 3.65. The summed E-state index contributed by atoms with van der Waals surface area (Å²) < 4.78 is 0. The minimum atomic E-state index is 0.826. The first kappa shape index (κ1) is 12.0. The Balaban J connectivity index is 2.09. The van der Waals surface area contributed by atoms with Crippen LogP contribution in [0.25, 0.3) is 0 Å². The van der Waals surface area contributed by atoms with Crippen LogP contribution in [0.3, 0.4) is 0 Å². The van der Waals surface area contributed by atoms with Crippen LogP contribution in [-0.4, -0.2) is 12.6 Å². The van der Waals surface area contributed by atoms with Crippen molar-refractivity contribution < 1.29 is 0 Å². The third kappa shape index (κ3) is 4.00. The van der Waals surface area contributed by atoms with Crippen LogP contribution >= 0.6 is 0 Å². The lowest BCUT2D eigenvalue weighted by atomic mass is 10.0. The van der Waals surface area contributed by atoms with Gasteiger partial charge in [0.25, 0.3) is 0 Å². The van der Waals surface area contributed by atoms with Crippen LogP contribution in [0.5, 0.6) is 0 Å². The van der Waals surface area contributed by atoms with Gasteiger partial charge >= 0.3 is 0 Å². The first-order valence-corrected chi connectivity index (χ1v) is 6.53. The second kappa shape index (κ2) is 6.44. The molecule has 1 aliphatic carbocycles. The molecule has 14 heavy (non-hydrogen) atoms. The highest BCUT2D eigenvalue weighted by molar-refractivity contribution is 4.92. The molecule has 0 aromatic rings. The average Bonchev–Trinajstić information content (AvgIpc) is 2.88. The van der Waals surface area contributed by atoms with Crippen molar-refractivity contribution in [1.29, 1.82) is 0 Å². The number of unbranched alkanes of at least 4 members (excludes halogenated alkanes) is 3. The van der Waals surface area contributed by atoms with E-state index in [0.717, 1.165) is 24.4 Å². The fraction of sp³-hybridized carbons (Fsp3) is 1.00. The molecule has 1 rings (SSSR count). The van der Waals surface area contributed by atoms with Crippen molar-refractivity contribution >= 4 is 0 Å². The van der Waals surface area contributed by atoms with Crippen LogP contribution in [0, 0.1) is 11.8 Å². The van der Waals surface area contributed by atoms with Crippen molar-refractivity contribution in [3.8, 4) is 0 Å². The van der Waals surface area contributed by atoms with Gasteiger partial charge in [-0.25, -0.2) is 0 Å². The lowest BCUT2D eigenvalue weighted by Crippen LogP contribution is -2.31. The van der Waals surface area contributed by atoms with E-state index < -0.39 is 0 Å². The molecule has 0 heterocycles. The number of nitrogens with one attached hydrogen (secondary N) is 1. The third-order valence-corrected chi connectivity index (χ3v) is 3.52. The number of hydrogen-bond donors (Lipinski definition) is 1. The first-order chi connectivity index (χ1) is 6.79. The molecule has 3 unspecified atom stereocenters. The Bertz CT molecular complexity index is 144. The summed E-state index contributed by atoms with van der Waals surface area (Å²) in [5, 5.41) is 3.65. The van der Waals surface area contributed by atoms with Gasteiger partial charge in [0.2, 0.25) is 0 Å². The van der Waals surface area contributed by atoms with Gasteiger partial charge in [-0.05, 0) is 31.2 Å². The molecule has 0 aromatic carbocycles. The minimum absolute atomic E-state index is 0.826. The zero-order valence-corrected chi connectivity index (χ0v) is 10.2. The van der Waals surface area contributed by atoms with Crippen LogP contribution in [0.4, 0.5) is 0 Å². The molecule has 0 bridgehead atoms. The van der Waals surface area contributed by atoms with E-state index in [2.05, 4.69) is 26.1 Å². The normalized spacial score (nSPS) is 27.6.